The van der Waals surface area contributed by atoms with Crippen LogP contribution in [0.4, 0.5) is 0 Å². The van der Waals surface area contributed by atoms with Crippen LogP contribution >= 0.6 is 11.8 Å². The lowest BCUT2D eigenvalue weighted by molar-refractivity contribution is -0.147. The molecule has 1 saturated carbocycles. The topological polar surface area (TPSA) is 103 Å². The number of thioether (sulfide) groups is 1. The SMILES string of the molecule is COC(=O)C(C=N)C(=O)[C@]1(Sc2ccccc2)CC(=O)N(CC2CC2)[C@H]1c1c[nH]c2ccccc12. The summed E-state index contributed by atoms with van der Waals surface area (Å²) in [6, 6.07) is 16.7. The minimum Gasteiger partial charge on any atom is -0.468 e. The van der Waals surface area contributed by atoms with Crippen molar-refractivity contribution in [2.45, 2.75) is 34.9 Å². The molecule has 3 atom stereocenters. The molecular formula is C27H27N3O4S. The van der Waals surface area contributed by atoms with Gasteiger partial charge in [0, 0.05) is 40.3 Å². The molecule has 3 aromatic rings. The molecule has 1 aromatic heterocycles. The van der Waals surface area contributed by atoms with Gasteiger partial charge in [0.1, 0.15) is 4.75 Å². The van der Waals surface area contributed by atoms with Crippen molar-refractivity contribution in [1.29, 1.82) is 5.41 Å². The fourth-order valence-electron chi connectivity index (χ4n) is 5.05. The Hall–Kier alpha value is -3.39. The van der Waals surface area contributed by atoms with Crippen molar-refractivity contribution in [1.82, 2.24) is 9.88 Å². The molecule has 35 heavy (non-hydrogen) atoms. The number of carbonyl (C=O) groups is 3. The molecule has 8 heteroatoms. The number of carbonyl (C=O) groups excluding carboxylic acids is 3. The Labute approximate surface area is 207 Å². The van der Waals surface area contributed by atoms with Crippen molar-refractivity contribution in [2.75, 3.05) is 13.7 Å². The Morgan fingerprint density at radius 1 is 1.20 bits per heavy atom. The monoisotopic (exact) mass is 489 g/mol. The molecule has 0 radical (unpaired) electrons. The largest absolute Gasteiger partial charge is 0.468 e. The zero-order chi connectivity index (χ0) is 24.6. The number of hydrogen-bond acceptors (Lipinski definition) is 6. The summed E-state index contributed by atoms with van der Waals surface area (Å²) < 4.78 is 3.57. The van der Waals surface area contributed by atoms with E-state index in [2.05, 4.69) is 4.98 Å². The third-order valence-corrected chi connectivity index (χ3v) is 8.36. The molecule has 2 heterocycles. The lowest BCUT2D eigenvalue weighted by Crippen LogP contribution is -2.47. The summed E-state index contributed by atoms with van der Waals surface area (Å²) in [5.74, 6) is -2.35. The first-order chi connectivity index (χ1) is 17.0. The second-order valence-corrected chi connectivity index (χ2v) is 10.6. The first-order valence-electron chi connectivity index (χ1n) is 11.7. The molecule has 7 nitrogen and oxygen atoms in total. The highest BCUT2D eigenvalue weighted by atomic mass is 32.2. The van der Waals surface area contributed by atoms with Crippen molar-refractivity contribution in [3.8, 4) is 0 Å². The predicted molar refractivity (Wildman–Crippen MR) is 134 cm³/mol. The van der Waals surface area contributed by atoms with Gasteiger partial charge in [-0.3, -0.25) is 14.4 Å². The maximum atomic E-state index is 14.3. The fourth-order valence-corrected chi connectivity index (χ4v) is 6.55. The second-order valence-electron chi connectivity index (χ2n) is 9.19. The molecule has 2 fully saturated rings. The Morgan fingerprint density at radius 3 is 2.60 bits per heavy atom. The van der Waals surface area contributed by atoms with Gasteiger partial charge in [-0.25, -0.2) is 0 Å². The number of aromatic amines is 1. The summed E-state index contributed by atoms with van der Waals surface area (Å²) in [6.45, 7) is 0.570. The van der Waals surface area contributed by atoms with Crippen LogP contribution in [0.15, 0.2) is 65.7 Å². The van der Waals surface area contributed by atoms with Crippen LogP contribution in [0.25, 0.3) is 10.9 Å². The molecule has 2 aromatic carbocycles. The number of benzene rings is 2. The molecule has 0 spiro atoms. The van der Waals surface area contributed by atoms with Gasteiger partial charge in [0.25, 0.3) is 0 Å². The number of H-pyrrole nitrogens is 1. The number of nitrogens with one attached hydrogen (secondary N) is 2. The van der Waals surface area contributed by atoms with Gasteiger partial charge in [-0.05, 0) is 37.0 Å². The minimum absolute atomic E-state index is 0.0520. The van der Waals surface area contributed by atoms with E-state index in [1.54, 1.807) is 0 Å². The van der Waals surface area contributed by atoms with Gasteiger partial charge in [0.05, 0.1) is 19.6 Å². The van der Waals surface area contributed by atoms with E-state index in [1.807, 2.05) is 65.7 Å². The lowest BCUT2D eigenvalue weighted by atomic mass is 9.83. The van der Waals surface area contributed by atoms with E-state index in [1.165, 1.54) is 18.9 Å². The minimum atomic E-state index is -1.39. The Bertz CT molecular complexity index is 1290. The molecule has 1 unspecified atom stereocenters. The maximum absolute atomic E-state index is 14.3. The van der Waals surface area contributed by atoms with Crippen LogP contribution < -0.4 is 0 Å². The molecule has 2 aliphatic rings. The van der Waals surface area contributed by atoms with Crippen molar-refractivity contribution in [2.24, 2.45) is 11.8 Å². The van der Waals surface area contributed by atoms with E-state index in [9.17, 15) is 14.4 Å². The number of para-hydroxylation sites is 1. The highest BCUT2D eigenvalue weighted by Crippen LogP contribution is 2.55. The van der Waals surface area contributed by atoms with E-state index in [0.717, 1.165) is 40.4 Å². The number of aromatic nitrogens is 1. The van der Waals surface area contributed by atoms with E-state index >= 15 is 0 Å². The van der Waals surface area contributed by atoms with Gasteiger partial charge < -0.3 is 20.0 Å². The number of hydrogen-bond donors (Lipinski definition) is 2. The molecule has 0 bridgehead atoms. The fraction of sp³-hybridized carbons (Fsp3) is 0.333. The van der Waals surface area contributed by atoms with E-state index in [-0.39, 0.29) is 12.3 Å². The van der Waals surface area contributed by atoms with Gasteiger partial charge in [-0.1, -0.05) is 36.4 Å². The van der Waals surface area contributed by atoms with Crippen LogP contribution in [0.5, 0.6) is 0 Å². The van der Waals surface area contributed by atoms with E-state index in [4.69, 9.17) is 10.1 Å². The van der Waals surface area contributed by atoms with Crippen molar-refractivity contribution < 1.29 is 19.1 Å². The molecule has 1 amide bonds. The summed E-state index contributed by atoms with van der Waals surface area (Å²) in [5, 5.41) is 8.82. The van der Waals surface area contributed by atoms with Gasteiger partial charge in [-0.15, -0.1) is 11.8 Å². The van der Waals surface area contributed by atoms with Crippen LogP contribution in [-0.2, 0) is 19.1 Å². The molecule has 1 saturated heterocycles. The zero-order valence-electron chi connectivity index (χ0n) is 19.4. The number of amides is 1. The van der Waals surface area contributed by atoms with Crippen LogP contribution in [0.3, 0.4) is 0 Å². The average Bonchev–Trinajstić information content (AvgIpc) is 3.54. The number of methoxy groups -OCH3 is 1. The number of Topliss-reactive ketones (excluding diaryl/α,β-unsaturated/α-hetero) is 1. The highest BCUT2D eigenvalue weighted by Gasteiger charge is 2.60. The summed E-state index contributed by atoms with van der Waals surface area (Å²) in [7, 11) is 1.21. The van der Waals surface area contributed by atoms with Crippen molar-refractivity contribution in [3.05, 3.63) is 66.4 Å². The van der Waals surface area contributed by atoms with Crippen LogP contribution in [-0.4, -0.2) is 52.2 Å². The van der Waals surface area contributed by atoms with Gasteiger partial charge in [0.2, 0.25) is 5.91 Å². The Kier molecular flexibility index (Phi) is 6.23. The number of likely N-dealkylation sites (tertiary alicyclic amines) is 1. The average molecular weight is 490 g/mol. The van der Waals surface area contributed by atoms with Crippen LogP contribution in [0.2, 0.25) is 0 Å². The quantitative estimate of drug-likeness (QED) is 0.264. The van der Waals surface area contributed by atoms with Crippen LogP contribution in [0, 0.1) is 17.2 Å². The van der Waals surface area contributed by atoms with Gasteiger partial charge >= 0.3 is 5.97 Å². The Balaban J connectivity index is 1.71. The number of ketones is 1. The molecule has 2 N–H and O–H groups in total. The maximum Gasteiger partial charge on any atom is 0.321 e. The summed E-state index contributed by atoms with van der Waals surface area (Å²) in [4.78, 5) is 46.4. The van der Waals surface area contributed by atoms with Crippen LogP contribution in [0.1, 0.15) is 30.9 Å². The molecule has 1 aliphatic carbocycles. The first-order valence-corrected chi connectivity index (χ1v) is 12.5. The van der Waals surface area contributed by atoms with Crippen molar-refractivity contribution in [3.63, 3.8) is 0 Å². The predicted octanol–water partition coefficient (Wildman–Crippen LogP) is 4.39. The smallest absolute Gasteiger partial charge is 0.321 e. The first kappa shape index (κ1) is 23.4. The standard InChI is InChI=1S/C27H27N3O4S/c1-34-26(33)20(14-28)25(32)27(35-18-7-3-2-4-8-18)13-23(31)30(16-17-11-12-17)24(27)21-15-29-22-10-6-5-9-19(21)22/h2-10,14-15,17,20,24,28-29H,11-13,16H2,1H3/t20?,24-,27-/m0/s1. The summed E-state index contributed by atoms with van der Waals surface area (Å²) >= 11 is 1.31. The third kappa shape index (κ3) is 4.16. The Morgan fingerprint density at radius 2 is 1.91 bits per heavy atom. The molecule has 5 rings (SSSR count). The second kappa shape index (κ2) is 9.34. The van der Waals surface area contributed by atoms with E-state index < -0.39 is 28.5 Å². The number of nitrogens with zero attached hydrogens (tertiary/aromatic N) is 1. The molecule has 1 aliphatic heterocycles. The number of ether oxygens (including phenoxy) is 1. The molecular weight excluding hydrogens is 462 g/mol. The summed E-state index contributed by atoms with van der Waals surface area (Å²) in [5.41, 5.74) is 1.76. The third-order valence-electron chi connectivity index (χ3n) is 6.92. The lowest BCUT2D eigenvalue weighted by Gasteiger charge is -2.37. The van der Waals surface area contributed by atoms with Gasteiger partial charge in [0.15, 0.2) is 11.7 Å². The number of fused-ring (bicyclic) bond motifs is 1. The van der Waals surface area contributed by atoms with E-state index in [0.29, 0.717) is 12.5 Å². The highest BCUT2D eigenvalue weighted by molar-refractivity contribution is 8.01. The normalized spacial score (nSPS) is 22.8. The van der Waals surface area contributed by atoms with Gasteiger partial charge in [-0.2, -0.15) is 0 Å². The number of rotatable bonds is 9. The molecule has 180 valence electrons. The summed E-state index contributed by atoms with van der Waals surface area (Å²) in [6.07, 6.45) is 4.77. The van der Waals surface area contributed by atoms with Crippen molar-refractivity contribution >= 4 is 46.5 Å². The number of esters is 1. The zero-order valence-corrected chi connectivity index (χ0v) is 20.2.